The number of carbonyl (C=O) groups excluding carboxylic acids is 2. The molecule has 1 saturated heterocycles. The Labute approximate surface area is 138 Å². The summed E-state index contributed by atoms with van der Waals surface area (Å²) in [5, 5.41) is 6.26. The van der Waals surface area contributed by atoms with Gasteiger partial charge in [0.15, 0.2) is 5.78 Å². The van der Waals surface area contributed by atoms with Gasteiger partial charge < -0.3 is 10.6 Å². The summed E-state index contributed by atoms with van der Waals surface area (Å²) in [6, 6.07) is 6.06. The Hall–Kier alpha value is -1.39. The van der Waals surface area contributed by atoms with Crippen molar-refractivity contribution < 1.29 is 9.59 Å². The minimum Gasteiger partial charge on any atom is -0.352 e. The second kappa shape index (κ2) is 8.91. The fraction of sp³-hybridized carbons (Fsp3) is 0.529. The number of carbonyl (C=O) groups is 2. The van der Waals surface area contributed by atoms with E-state index in [0.717, 1.165) is 42.6 Å². The third kappa shape index (κ3) is 5.43. The quantitative estimate of drug-likeness (QED) is 0.818. The third-order valence-corrected chi connectivity index (χ3v) is 3.93. The SMILES string of the molecule is Cc1ccc(C)c(C(=O)CCC(=O)N[C@H]2CCCNC2)c1.Cl. The van der Waals surface area contributed by atoms with E-state index in [1.807, 2.05) is 32.0 Å². The molecule has 1 aromatic rings. The number of hydrogen-bond acceptors (Lipinski definition) is 3. The third-order valence-electron chi connectivity index (χ3n) is 3.93. The van der Waals surface area contributed by atoms with E-state index in [-0.39, 0.29) is 43.0 Å². The van der Waals surface area contributed by atoms with Crippen molar-refractivity contribution >= 4 is 24.1 Å². The zero-order chi connectivity index (χ0) is 15.2. The van der Waals surface area contributed by atoms with Crippen molar-refractivity contribution in [2.75, 3.05) is 13.1 Å². The Morgan fingerprint density at radius 3 is 2.73 bits per heavy atom. The summed E-state index contributed by atoms with van der Waals surface area (Å²) in [4.78, 5) is 24.1. The van der Waals surface area contributed by atoms with E-state index >= 15 is 0 Å². The van der Waals surface area contributed by atoms with Crippen molar-refractivity contribution in [3.05, 3.63) is 34.9 Å². The number of hydrogen-bond donors (Lipinski definition) is 2. The van der Waals surface area contributed by atoms with E-state index < -0.39 is 0 Å². The summed E-state index contributed by atoms with van der Waals surface area (Å²) in [5.41, 5.74) is 2.78. The number of benzene rings is 1. The number of halogens is 1. The Kier molecular flexibility index (Phi) is 7.56. The second-order valence-corrected chi connectivity index (χ2v) is 5.85. The molecule has 2 rings (SSSR count). The van der Waals surface area contributed by atoms with Crippen molar-refractivity contribution in [3.8, 4) is 0 Å². The highest BCUT2D eigenvalue weighted by Crippen LogP contribution is 2.14. The molecule has 0 radical (unpaired) electrons. The summed E-state index contributed by atoms with van der Waals surface area (Å²) in [6.45, 7) is 5.76. The van der Waals surface area contributed by atoms with Crippen LogP contribution in [0.1, 0.15) is 47.2 Å². The van der Waals surface area contributed by atoms with Crippen LogP contribution in [0.2, 0.25) is 0 Å². The van der Waals surface area contributed by atoms with Gasteiger partial charge in [0.1, 0.15) is 0 Å². The maximum Gasteiger partial charge on any atom is 0.220 e. The molecule has 0 saturated carbocycles. The van der Waals surface area contributed by atoms with Crippen LogP contribution in [0.15, 0.2) is 18.2 Å². The zero-order valence-electron chi connectivity index (χ0n) is 13.3. The highest BCUT2D eigenvalue weighted by atomic mass is 35.5. The molecule has 2 N–H and O–H groups in total. The van der Waals surface area contributed by atoms with Crippen LogP contribution in [0.25, 0.3) is 0 Å². The maximum atomic E-state index is 12.2. The molecule has 1 atom stereocenters. The fourth-order valence-corrected chi connectivity index (χ4v) is 2.67. The predicted octanol–water partition coefficient (Wildman–Crippen LogP) is 2.56. The lowest BCUT2D eigenvalue weighted by Crippen LogP contribution is -2.45. The lowest BCUT2D eigenvalue weighted by atomic mass is 9.99. The highest BCUT2D eigenvalue weighted by molar-refractivity contribution is 5.99. The summed E-state index contributed by atoms with van der Waals surface area (Å²) >= 11 is 0. The van der Waals surface area contributed by atoms with Gasteiger partial charge in [-0.1, -0.05) is 17.7 Å². The first-order chi connectivity index (χ1) is 10.1. The van der Waals surface area contributed by atoms with Gasteiger partial charge >= 0.3 is 0 Å². The summed E-state index contributed by atoms with van der Waals surface area (Å²) in [6.07, 6.45) is 2.65. The number of amides is 1. The summed E-state index contributed by atoms with van der Waals surface area (Å²) in [7, 11) is 0. The van der Waals surface area contributed by atoms with Crippen molar-refractivity contribution in [2.24, 2.45) is 0 Å². The highest BCUT2D eigenvalue weighted by Gasteiger charge is 2.16. The first kappa shape index (κ1) is 18.7. The molecule has 22 heavy (non-hydrogen) atoms. The van der Waals surface area contributed by atoms with Gasteiger partial charge in [-0.15, -0.1) is 12.4 Å². The smallest absolute Gasteiger partial charge is 0.220 e. The molecular formula is C17H25ClN2O2. The summed E-state index contributed by atoms with van der Waals surface area (Å²) < 4.78 is 0. The number of piperidine rings is 1. The normalized spacial score (nSPS) is 17.5. The molecule has 1 heterocycles. The van der Waals surface area contributed by atoms with E-state index in [2.05, 4.69) is 10.6 Å². The predicted molar refractivity (Wildman–Crippen MR) is 90.8 cm³/mol. The van der Waals surface area contributed by atoms with Gasteiger partial charge in [0.05, 0.1) is 0 Å². The van der Waals surface area contributed by atoms with E-state index in [1.165, 1.54) is 0 Å². The van der Waals surface area contributed by atoms with Crippen LogP contribution in [0.4, 0.5) is 0 Å². The second-order valence-electron chi connectivity index (χ2n) is 5.85. The van der Waals surface area contributed by atoms with Crippen LogP contribution in [0.5, 0.6) is 0 Å². The molecule has 1 fully saturated rings. The molecule has 0 aliphatic carbocycles. The standard InChI is InChI=1S/C17H24N2O2.ClH/c1-12-5-6-13(2)15(10-12)16(20)7-8-17(21)19-14-4-3-9-18-11-14;/h5-6,10,14,18H,3-4,7-9,11H2,1-2H3,(H,19,21);1H/t14-;/m0./s1. The van der Waals surface area contributed by atoms with E-state index in [4.69, 9.17) is 0 Å². The molecule has 5 heteroatoms. The molecule has 0 aromatic heterocycles. The maximum absolute atomic E-state index is 12.2. The van der Waals surface area contributed by atoms with Crippen LogP contribution in [-0.4, -0.2) is 30.8 Å². The molecule has 122 valence electrons. The number of Topliss-reactive ketones (excluding diaryl/α,β-unsaturated/α-hetero) is 1. The van der Waals surface area contributed by atoms with E-state index in [1.54, 1.807) is 0 Å². The fourth-order valence-electron chi connectivity index (χ4n) is 2.67. The molecule has 1 amide bonds. The molecule has 0 unspecified atom stereocenters. The van der Waals surface area contributed by atoms with Crippen molar-refractivity contribution in [2.45, 2.75) is 45.6 Å². The van der Waals surface area contributed by atoms with Crippen LogP contribution in [0.3, 0.4) is 0 Å². The average Bonchev–Trinajstić information content (AvgIpc) is 2.48. The molecule has 1 aliphatic heterocycles. The molecule has 0 spiro atoms. The van der Waals surface area contributed by atoms with Gasteiger partial charge in [0.25, 0.3) is 0 Å². The molecular weight excluding hydrogens is 300 g/mol. The van der Waals surface area contributed by atoms with Gasteiger partial charge in [0.2, 0.25) is 5.91 Å². The van der Waals surface area contributed by atoms with Crippen LogP contribution < -0.4 is 10.6 Å². The minimum atomic E-state index is -0.0256. The van der Waals surface area contributed by atoms with E-state index in [0.29, 0.717) is 0 Å². The first-order valence-electron chi connectivity index (χ1n) is 7.67. The van der Waals surface area contributed by atoms with Crippen molar-refractivity contribution in [1.82, 2.24) is 10.6 Å². The van der Waals surface area contributed by atoms with Gasteiger partial charge in [-0.05, 0) is 44.9 Å². The average molecular weight is 325 g/mol. The Morgan fingerprint density at radius 2 is 2.05 bits per heavy atom. The Morgan fingerprint density at radius 1 is 1.27 bits per heavy atom. The number of ketones is 1. The van der Waals surface area contributed by atoms with E-state index in [9.17, 15) is 9.59 Å². The lowest BCUT2D eigenvalue weighted by molar-refractivity contribution is -0.121. The van der Waals surface area contributed by atoms with Crippen LogP contribution in [0, 0.1) is 13.8 Å². The van der Waals surface area contributed by atoms with Gasteiger partial charge in [0, 0.05) is 31.0 Å². The van der Waals surface area contributed by atoms with Gasteiger partial charge in [-0.2, -0.15) is 0 Å². The lowest BCUT2D eigenvalue weighted by Gasteiger charge is -2.23. The first-order valence-corrected chi connectivity index (χ1v) is 7.67. The zero-order valence-corrected chi connectivity index (χ0v) is 14.1. The monoisotopic (exact) mass is 324 g/mol. The number of nitrogens with one attached hydrogen (secondary N) is 2. The van der Waals surface area contributed by atoms with Crippen molar-refractivity contribution in [1.29, 1.82) is 0 Å². The Balaban J connectivity index is 0.00000242. The molecule has 4 nitrogen and oxygen atoms in total. The van der Waals surface area contributed by atoms with Crippen LogP contribution in [-0.2, 0) is 4.79 Å². The van der Waals surface area contributed by atoms with Gasteiger partial charge in [-0.3, -0.25) is 9.59 Å². The molecule has 1 aromatic carbocycles. The molecule has 0 bridgehead atoms. The minimum absolute atomic E-state index is 0. The summed E-state index contributed by atoms with van der Waals surface area (Å²) in [5.74, 6) is 0.0236. The van der Waals surface area contributed by atoms with Crippen molar-refractivity contribution in [3.63, 3.8) is 0 Å². The largest absolute Gasteiger partial charge is 0.352 e. The number of aryl methyl sites for hydroxylation is 2. The van der Waals surface area contributed by atoms with Crippen LogP contribution >= 0.6 is 12.4 Å². The Bertz CT molecular complexity index is 525. The molecule has 1 aliphatic rings. The number of rotatable bonds is 5. The van der Waals surface area contributed by atoms with Gasteiger partial charge in [-0.25, -0.2) is 0 Å². The topological polar surface area (TPSA) is 58.2 Å².